The molecule has 2 rings (SSSR count). The Balaban J connectivity index is 2.30. The average molecular weight is 219 g/mol. The monoisotopic (exact) mass is 218 g/mol. The Morgan fingerprint density at radius 3 is 3.07 bits per heavy atom. The number of terminal acetylenes is 1. The van der Waals surface area contributed by atoms with Crippen LogP contribution in [0.1, 0.15) is 23.5 Å². The van der Waals surface area contributed by atoms with Gasteiger partial charge in [-0.25, -0.2) is 0 Å². The van der Waals surface area contributed by atoms with E-state index in [2.05, 4.69) is 5.92 Å². The number of halogens is 1. The van der Waals surface area contributed by atoms with E-state index in [9.17, 15) is 5.11 Å². The molecule has 2 unspecified atom stereocenters. The van der Waals surface area contributed by atoms with Gasteiger partial charge in [0.2, 0.25) is 0 Å². The van der Waals surface area contributed by atoms with Crippen LogP contribution in [0, 0.1) is 12.3 Å². The van der Waals surface area contributed by atoms with Gasteiger partial charge in [-0.1, -0.05) is 29.8 Å². The fourth-order valence-corrected chi connectivity index (χ4v) is 2.07. The fraction of sp³-hybridized carbons (Fsp3) is 0.231. The zero-order valence-electron chi connectivity index (χ0n) is 8.15. The second-order valence-electron chi connectivity index (χ2n) is 3.63. The number of hydrogen-bond donors (Lipinski definition) is 1. The van der Waals surface area contributed by atoms with Crippen LogP contribution in [0.5, 0.6) is 0 Å². The molecule has 76 valence electrons. The van der Waals surface area contributed by atoms with E-state index in [4.69, 9.17) is 18.0 Å². The summed E-state index contributed by atoms with van der Waals surface area (Å²) < 4.78 is 0. The maximum atomic E-state index is 9.84. The minimum absolute atomic E-state index is 0.00770. The number of aliphatic hydroxyl groups excluding tert-OH is 1. The van der Waals surface area contributed by atoms with E-state index in [1.807, 2.05) is 30.4 Å². The normalized spacial score (nSPS) is 19.7. The van der Waals surface area contributed by atoms with Crippen molar-refractivity contribution in [2.75, 3.05) is 0 Å². The summed E-state index contributed by atoms with van der Waals surface area (Å²) in [5, 5.41) is 10.6. The number of fused-ring (bicyclic) bond motifs is 1. The highest BCUT2D eigenvalue weighted by atomic mass is 35.5. The molecule has 1 aliphatic rings. The first-order valence-electron chi connectivity index (χ1n) is 4.81. The maximum Gasteiger partial charge on any atom is 0.0752 e. The third-order valence-electron chi connectivity index (χ3n) is 2.63. The highest BCUT2D eigenvalue weighted by Crippen LogP contribution is 2.34. The van der Waals surface area contributed by atoms with Crippen LogP contribution >= 0.6 is 11.6 Å². The molecular formula is C13H11ClO. The quantitative estimate of drug-likeness (QED) is 0.757. The molecule has 0 aromatic heterocycles. The Kier molecular flexibility index (Phi) is 2.81. The molecule has 1 N–H and O–H groups in total. The van der Waals surface area contributed by atoms with Gasteiger partial charge in [0, 0.05) is 17.4 Å². The van der Waals surface area contributed by atoms with Crippen molar-refractivity contribution in [3.05, 3.63) is 40.4 Å². The van der Waals surface area contributed by atoms with E-state index in [1.165, 1.54) is 0 Å². The molecule has 0 aliphatic heterocycles. The second-order valence-corrected chi connectivity index (χ2v) is 4.07. The van der Waals surface area contributed by atoms with Crippen molar-refractivity contribution in [3.8, 4) is 12.3 Å². The Morgan fingerprint density at radius 2 is 2.33 bits per heavy atom. The van der Waals surface area contributed by atoms with Crippen LogP contribution in [0.15, 0.2) is 24.3 Å². The smallest absolute Gasteiger partial charge is 0.0752 e. The molecule has 0 heterocycles. The van der Waals surface area contributed by atoms with Crippen LogP contribution in [0.3, 0.4) is 0 Å². The molecule has 0 fully saturated rings. The lowest BCUT2D eigenvalue weighted by Gasteiger charge is -2.16. The van der Waals surface area contributed by atoms with Gasteiger partial charge in [-0.2, -0.15) is 0 Å². The summed E-state index contributed by atoms with van der Waals surface area (Å²) in [6.45, 7) is 0. The number of hydrogen-bond acceptors (Lipinski definition) is 1. The van der Waals surface area contributed by atoms with Gasteiger partial charge in [0.1, 0.15) is 0 Å². The standard InChI is InChI=1S/C13H11ClO/c1-2-3-13(15)12-6-4-9-8-10(14)5-7-11(9)12/h1,4-8,12-13,15H,3H2. The second kappa shape index (κ2) is 4.10. The summed E-state index contributed by atoms with van der Waals surface area (Å²) in [4.78, 5) is 0. The van der Waals surface area contributed by atoms with Gasteiger partial charge in [-0.3, -0.25) is 0 Å². The first-order chi connectivity index (χ1) is 7.22. The highest BCUT2D eigenvalue weighted by molar-refractivity contribution is 6.30. The summed E-state index contributed by atoms with van der Waals surface area (Å²) in [5.41, 5.74) is 2.17. The third kappa shape index (κ3) is 1.92. The summed E-state index contributed by atoms with van der Waals surface area (Å²) in [6.07, 6.45) is 9.01. The van der Waals surface area contributed by atoms with Crippen molar-refractivity contribution in [1.82, 2.24) is 0 Å². The van der Waals surface area contributed by atoms with Crippen molar-refractivity contribution in [1.29, 1.82) is 0 Å². The fourth-order valence-electron chi connectivity index (χ4n) is 1.89. The number of benzene rings is 1. The molecule has 1 aromatic carbocycles. The van der Waals surface area contributed by atoms with Crippen molar-refractivity contribution < 1.29 is 5.11 Å². The minimum Gasteiger partial charge on any atom is -0.391 e. The molecule has 0 bridgehead atoms. The van der Waals surface area contributed by atoms with Crippen LogP contribution in [0.2, 0.25) is 5.02 Å². The molecule has 1 aromatic rings. The topological polar surface area (TPSA) is 20.2 Å². The van der Waals surface area contributed by atoms with Crippen molar-refractivity contribution >= 4 is 17.7 Å². The molecule has 2 atom stereocenters. The van der Waals surface area contributed by atoms with Gasteiger partial charge >= 0.3 is 0 Å². The number of rotatable bonds is 2. The molecule has 0 spiro atoms. The largest absolute Gasteiger partial charge is 0.391 e. The molecule has 0 saturated heterocycles. The zero-order valence-corrected chi connectivity index (χ0v) is 8.91. The predicted molar refractivity (Wildman–Crippen MR) is 62.7 cm³/mol. The van der Waals surface area contributed by atoms with Crippen LogP contribution in [0.4, 0.5) is 0 Å². The molecule has 15 heavy (non-hydrogen) atoms. The molecule has 1 nitrogen and oxygen atoms in total. The Hall–Kier alpha value is -1.23. The lowest BCUT2D eigenvalue weighted by Crippen LogP contribution is -2.14. The molecule has 0 saturated carbocycles. The van der Waals surface area contributed by atoms with E-state index in [0.29, 0.717) is 11.4 Å². The Morgan fingerprint density at radius 1 is 1.53 bits per heavy atom. The summed E-state index contributed by atoms with van der Waals surface area (Å²) in [5.74, 6) is 2.48. The molecule has 0 radical (unpaired) electrons. The lowest BCUT2D eigenvalue weighted by atomic mass is 9.94. The molecular weight excluding hydrogens is 208 g/mol. The van der Waals surface area contributed by atoms with Gasteiger partial charge in [-0.15, -0.1) is 12.3 Å². The predicted octanol–water partition coefficient (Wildman–Crippen LogP) is 2.83. The van der Waals surface area contributed by atoms with Crippen molar-refractivity contribution in [3.63, 3.8) is 0 Å². The Labute approximate surface area is 94.4 Å². The van der Waals surface area contributed by atoms with Gasteiger partial charge in [0.15, 0.2) is 0 Å². The summed E-state index contributed by atoms with van der Waals surface area (Å²) in [6, 6.07) is 5.68. The number of aliphatic hydroxyl groups is 1. The third-order valence-corrected chi connectivity index (χ3v) is 2.87. The van der Waals surface area contributed by atoms with Gasteiger partial charge in [0.25, 0.3) is 0 Å². The zero-order chi connectivity index (χ0) is 10.8. The Bertz CT molecular complexity index is 442. The molecule has 1 aliphatic carbocycles. The van der Waals surface area contributed by atoms with Crippen molar-refractivity contribution in [2.45, 2.75) is 18.4 Å². The van der Waals surface area contributed by atoms with Crippen LogP contribution in [0.25, 0.3) is 6.08 Å². The lowest BCUT2D eigenvalue weighted by molar-refractivity contribution is 0.165. The first-order valence-corrected chi connectivity index (χ1v) is 5.19. The average Bonchev–Trinajstić information content (AvgIpc) is 2.60. The van der Waals surface area contributed by atoms with E-state index >= 15 is 0 Å². The minimum atomic E-state index is -0.506. The van der Waals surface area contributed by atoms with E-state index in [0.717, 1.165) is 11.1 Å². The molecule has 2 heteroatoms. The van der Waals surface area contributed by atoms with Gasteiger partial charge in [-0.05, 0) is 23.3 Å². The molecule has 0 amide bonds. The maximum absolute atomic E-state index is 9.84. The van der Waals surface area contributed by atoms with Gasteiger partial charge in [0.05, 0.1) is 6.10 Å². The van der Waals surface area contributed by atoms with Crippen LogP contribution in [-0.2, 0) is 0 Å². The van der Waals surface area contributed by atoms with Crippen molar-refractivity contribution in [2.24, 2.45) is 0 Å². The SMILES string of the molecule is C#CCC(O)C1C=Cc2cc(Cl)ccc21. The van der Waals surface area contributed by atoms with E-state index in [-0.39, 0.29) is 5.92 Å². The van der Waals surface area contributed by atoms with Crippen LogP contribution in [-0.4, -0.2) is 11.2 Å². The first kappa shape index (κ1) is 10.3. The summed E-state index contributed by atoms with van der Waals surface area (Å²) in [7, 11) is 0. The van der Waals surface area contributed by atoms with Crippen LogP contribution < -0.4 is 0 Å². The highest BCUT2D eigenvalue weighted by Gasteiger charge is 2.23. The van der Waals surface area contributed by atoms with E-state index in [1.54, 1.807) is 0 Å². The van der Waals surface area contributed by atoms with E-state index < -0.39 is 6.10 Å². The van der Waals surface area contributed by atoms with Gasteiger partial charge < -0.3 is 5.11 Å². The summed E-state index contributed by atoms with van der Waals surface area (Å²) >= 11 is 5.88.